The summed E-state index contributed by atoms with van der Waals surface area (Å²) in [5.41, 5.74) is 4.03. The first-order valence-electron chi connectivity index (χ1n) is 6.52. The number of aromatic nitrogens is 1. The van der Waals surface area contributed by atoms with Crippen LogP contribution < -0.4 is 5.32 Å². The molecule has 0 fully saturated rings. The van der Waals surface area contributed by atoms with E-state index in [4.69, 9.17) is 0 Å². The molecular formula is C14H15FN2S. The summed E-state index contributed by atoms with van der Waals surface area (Å²) < 4.78 is 16.3. The van der Waals surface area contributed by atoms with Crippen LogP contribution in [0.15, 0.2) is 17.0 Å². The zero-order valence-electron chi connectivity index (χ0n) is 10.1. The molecule has 2 nitrogen and oxygen atoms in total. The van der Waals surface area contributed by atoms with Crippen molar-refractivity contribution in [2.75, 3.05) is 18.8 Å². The highest BCUT2D eigenvalue weighted by Crippen LogP contribution is 2.39. The Morgan fingerprint density at radius 2 is 2.11 bits per heavy atom. The molecule has 4 rings (SSSR count). The lowest BCUT2D eigenvalue weighted by Crippen LogP contribution is -2.18. The molecule has 1 aromatic heterocycles. The van der Waals surface area contributed by atoms with E-state index < -0.39 is 0 Å². The predicted octanol–water partition coefficient (Wildman–Crippen LogP) is 2.57. The summed E-state index contributed by atoms with van der Waals surface area (Å²) in [4.78, 5) is 0.861. The molecule has 2 aliphatic rings. The van der Waals surface area contributed by atoms with Crippen molar-refractivity contribution in [1.82, 2.24) is 9.88 Å². The molecule has 0 unspecified atom stereocenters. The minimum absolute atomic E-state index is 0.0563. The van der Waals surface area contributed by atoms with E-state index in [1.165, 1.54) is 16.6 Å². The summed E-state index contributed by atoms with van der Waals surface area (Å²) >= 11 is 1.66. The monoisotopic (exact) mass is 262 g/mol. The molecule has 0 radical (unpaired) electrons. The fourth-order valence-corrected chi connectivity index (χ4v) is 4.29. The van der Waals surface area contributed by atoms with Gasteiger partial charge in [0, 0.05) is 36.3 Å². The molecule has 18 heavy (non-hydrogen) atoms. The number of hydrogen-bond acceptors (Lipinski definition) is 2. The average Bonchev–Trinajstić information content (AvgIpc) is 2.57. The summed E-state index contributed by atoms with van der Waals surface area (Å²) in [6, 6.07) is 3.61. The topological polar surface area (TPSA) is 17.0 Å². The predicted molar refractivity (Wildman–Crippen MR) is 72.9 cm³/mol. The first-order chi connectivity index (χ1) is 8.86. The van der Waals surface area contributed by atoms with Crippen LogP contribution in [-0.4, -0.2) is 23.4 Å². The van der Waals surface area contributed by atoms with Gasteiger partial charge in [-0.3, -0.25) is 0 Å². The van der Waals surface area contributed by atoms with E-state index in [-0.39, 0.29) is 5.82 Å². The van der Waals surface area contributed by atoms with Crippen LogP contribution in [0.5, 0.6) is 0 Å². The molecule has 0 atom stereocenters. The average molecular weight is 262 g/mol. The second-order valence-electron chi connectivity index (χ2n) is 4.95. The Morgan fingerprint density at radius 1 is 1.22 bits per heavy atom. The summed E-state index contributed by atoms with van der Waals surface area (Å²) in [5.74, 6) is 0.927. The summed E-state index contributed by atoms with van der Waals surface area (Å²) in [5, 5.41) is 4.72. The van der Waals surface area contributed by atoms with Crippen molar-refractivity contribution in [3.63, 3.8) is 0 Å². The van der Waals surface area contributed by atoms with Crippen molar-refractivity contribution in [2.24, 2.45) is 0 Å². The first-order valence-corrected chi connectivity index (χ1v) is 7.51. The van der Waals surface area contributed by atoms with Gasteiger partial charge in [0.1, 0.15) is 5.82 Å². The van der Waals surface area contributed by atoms with Crippen molar-refractivity contribution >= 4 is 22.7 Å². The number of nitrogens with zero attached hydrogens (tertiary/aromatic N) is 1. The maximum atomic E-state index is 13.9. The molecular weight excluding hydrogens is 247 g/mol. The SMILES string of the molecule is Fc1ccc2c3c(n4c2c1SCC4)CCNCC3. The molecule has 0 aliphatic carbocycles. The molecule has 4 heteroatoms. The Balaban J connectivity index is 2.10. The second kappa shape index (κ2) is 4.00. The normalized spacial score (nSPS) is 18.7. The highest BCUT2D eigenvalue weighted by atomic mass is 32.2. The molecule has 94 valence electrons. The van der Waals surface area contributed by atoms with Crippen LogP contribution in [0.2, 0.25) is 0 Å². The van der Waals surface area contributed by atoms with Gasteiger partial charge >= 0.3 is 0 Å². The van der Waals surface area contributed by atoms with E-state index in [9.17, 15) is 4.39 Å². The van der Waals surface area contributed by atoms with Crippen LogP contribution in [0.1, 0.15) is 11.3 Å². The van der Waals surface area contributed by atoms with Gasteiger partial charge in [-0.05, 0) is 30.7 Å². The van der Waals surface area contributed by atoms with E-state index in [1.807, 2.05) is 6.07 Å². The summed E-state index contributed by atoms with van der Waals surface area (Å²) in [7, 11) is 0. The number of rotatable bonds is 0. The Hall–Kier alpha value is -1.00. The van der Waals surface area contributed by atoms with Crippen LogP contribution >= 0.6 is 11.8 Å². The lowest BCUT2D eigenvalue weighted by Gasteiger charge is -2.18. The summed E-state index contributed by atoms with van der Waals surface area (Å²) in [6.45, 7) is 3.09. The zero-order chi connectivity index (χ0) is 12.1. The van der Waals surface area contributed by atoms with E-state index in [0.717, 1.165) is 48.6 Å². The van der Waals surface area contributed by atoms with Gasteiger partial charge < -0.3 is 9.88 Å². The largest absolute Gasteiger partial charge is 0.342 e. The number of hydrogen-bond donors (Lipinski definition) is 1. The van der Waals surface area contributed by atoms with Crippen LogP contribution in [0.3, 0.4) is 0 Å². The third-order valence-corrected chi connectivity index (χ3v) is 5.07. The van der Waals surface area contributed by atoms with Crippen molar-refractivity contribution in [3.8, 4) is 0 Å². The molecule has 0 saturated heterocycles. The minimum atomic E-state index is -0.0563. The van der Waals surface area contributed by atoms with Crippen LogP contribution in [0.25, 0.3) is 10.9 Å². The Labute approximate surface area is 110 Å². The smallest absolute Gasteiger partial charge is 0.138 e. The van der Waals surface area contributed by atoms with Crippen LogP contribution in [0.4, 0.5) is 4.39 Å². The lowest BCUT2D eigenvalue weighted by atomic mass is 10.1. The van der Waals surface area contributed by atoms with Crippen LogP contribution in [0, 0.1) is 5.82 Å². The van der Waals surface area contributed by atoms with Gasteiger partial charge in [-0.2, -0.15) is 0 Å². The highest BCUT2D eigenvalue weighted by Gasteiger charge is 2.24. The molecule has 0 amide bonds. The summed E-state index contributed by atoms with van der Waals surface area (Å²) in [6.07, 6.45) is 2.13. The fraction of sp³-hybridized carbons (Fsp3) is 0.429. The maximum Gasteiger partial charge on any atom is 0.138 e. The van der Waals surface area contributed by atoms with Crippen molar-refractivity contribution in [1.29, 1.82) is 0 Å². The van der Waals surface area contributed by atoms with Crippen molar-refractivity contribution in [3.05, 3.63) is 29.2 Å². The van der Waals surface area contributed by atoms with E-state index in [0.29, 0.717) is 0 Å². The Kier molecular flexibility index (Phi) is 2.42. The van der Waals surface area contributed by atoms with Crippen LogP contribution in [-0.2, 0) is 19.4 Å². The molecule has 0 saturated carbocycles. The molecule has 2 aliphatic heterocycles. The number of benzene rings is 1. The standard InChI is InChI=1S/C14H15FN2S/c15-11-2-1-10-9-3-5-16-6-4-12(9)17-7-8-18-14(11)13(10)17/h1-2,16H,3-8H2. The third kappa shape index (κ3) is 1.39. The first kappa shape index (κ1) is 10.9. The van der Waals surface area contributed by atoms with Gasteiger partial charge in [0.15, 0.2) is 0 Å². The molecule has 3 heterocycles. The van der Waals surface area contributed by atoms with Gasteiger partial charge in [-0.25, -0.2) is 4.39 Å². The van der Waals surface area contributed by atoms with Gasteiger partial charge in [0.2, 0.25) is 0 Å². The molecule has 1 N–H and O–H groups in total. The Bertz CT molecular complexity index is 632. The number of aryl methyl sites for hydroxylation is 1. The number of thioether (sulfide) groups is 1. The maximum absolute atomic E-state index is 13.9. The minimum Gasteiger partial charge on any atom is -0.342 e. The lowest BCUT2D eigenvalue weighted by molar-refractivity contribution is 0.598. The van der Waals surface area contributed by atoms with E-state index in [1.54, 1.807) is 17.8 Å². The quantitative estimate of drug-likeness (QED) is 0.786. The number of halogens is 1. The zero-order valence-corrected chi connectivity index (χ0v) is 10.9. The number of nitrogens with one attached hydrogen (secondary N) is 1. The third-order valence-electron chi connectivity index (χ3n) is 4.00. The Morgan fingerprint density at radius 3 is 3.06 bits per heavy atom. The molecule has 0 bridgehead atoms. The highest BCUT2D eigenvalue weighted by molar-refractivity contribution is 7.99. The van der Waals surface area contributed by atoms with E-state index in [2.05, 4.69) is 9.88 Å². The van der Waals surface area contributed by atoms with Gasteiger partial charge in [0.25, 0.3) is 0 Å². The van der Waals surface area contributed by atoms with E-state index >= 15 is 0 Å². The molecule has 0 spiro atoms. The molecule has 2 aromatic rings. The van der Waals surface area contributed by atoms with Crippen molar-refractivity contribution in [2.45, 2.75) is 24.3 Å². The van der Waals surface area contributed by atoms with Gasteiger partial charge in [-0.15, -0.1) is 11.8 Å². The molecule has 1 aromatic carbocycles. The van der Waals surface area contributed by atoms with Gasteiger partial charge in [-0.1, -0.05) is 0 Å². The fourth-order valence-electron chi connectivity index (χ4n) is 3.24. The second-order valence-corrected chi connectivity index (χ2v) is 6.05. The van der Waals surface area contributed by atoms with Crippen molar-refractivity contribution < 1.29 is 4.39 Å². The number of fused-ring (bicyclic) bond motifs is 3. The van der Waals surface area contributed by atoms with Gasteiger partial charge in [0.05, 0.1) is 10.4 Å².